The normalized spacial score (nSPS) is 11.1. The van der Waals surface area contributed by atoms with Crippen LogP contribution in [0, 0.1) is 0 Å². The van der Waals surface area contributed by atoms with Crippen LogP contribution in [0.5, 0.6) is 0 Å². The maximum atomic E-state index is 5.90. The van der Waals surface area contributed by atoms with Gasteiger partial charge in [-0.15, -0.1) is 11.6 Å². The summed E-state index contributed by atoms with van der Waals surface area (Å²) in [6.07, 6.45) is 0.784. The van der Waals surface area contributed by atoms with Gasteiger partial charge in [-0.1, -0.05) is 40.2 Å². The molecule has 3 rings (SSSR count). The highest BCUT2D eigenvalue weighted by Gasteiger charge is 2.10. The molecule has 0 fully saturated rings. The third-order valence-electron chi connectivity index (χ3n) is 3.31. The Bertz CT molecular complexity index is 719. The van der Waals surface area contributed by atoms with Crippen molar-refractivity contribution in [2.24, 2.45) is 0 Å². The lowest BCUT2D eigenvalue weighted by molar-refractivity contribution is 0.754. The standard InChI is InChI=1S/C16H14BrClN2/c17-13-7-5-12(6-8-13)11-20-15-4-2-1-3-14(15)19-16(20)9-10-18/h1-8H,9-11H2. The summed E-state index contributed by atoms with van der Waals surface area (Å²) in [7, 11) is 0. The van der Waals surface area contributed by atoms with Crippen molar-refractivity contribution in [3.63, 3.8) is 0 Å². The molecular weight excluding hydrogens is 336 g/mol. The Kier molecular flexibility index (Phi) is 4.08. The summed E-state index contributed by atoms with van der Waals surface area (Å²) in [6.45, 7) is 0.819. The van der Waals surface area contributed by atoms with Gasteiger partial charge in [0.1, 0.15) is 5.82 Å². The van der Waals surface area contributed by atoms with E-state index in [1.807, 2.05) is 18.2 Å². The first kappa shape index (κ1) is 13.7. The maximum absolute atomic E-state index is 5.90. The van der Waals surface area contributed by atoms with E-state index in [1.54, 1.807) is 0 Å². The molecule has 4 heteroatoms. The zero-order valence-electron chi connectivity index (χ0n) is 10.9. The molecule has 0 aliphatic carbocycles. The van der Waals surface area contributed by atoms with Crippen molar-refractivity contribution >= 4 is 38.6 Å². The number of aromatic nitrogens is 2. The van der Waals surface area contributed by atoms with Crippen molar-refractivity contribution in [1.29, 1.82) is 0 Å². The van der Waals surface area contributed by atoms with Crippen LogP contribution in [0.15, 0.2) is 53.0 Å². The molecular formula is C16H14BrClN2. The van der Waals surface area contributed by atoms with Gasteiger partial charge in [0, 0.05) is 23.3 Å². The molecule has 0 unspecified atom stereocenters. The molecule has 2 aromatic carbocycles. The molecule has 0 N–H and O–H groups in total. The zero-order chi connectivity index (χ0) is 13.9. The summed E-state index contributed by atoms with van der Waals surface area (Å²) in [5.74, 6) is 1.63. The summed E-state index contributed by atoms with van der Waals surface area (Å²) in [5.41, 5.74) is 3.45. The van der Waals surface area contributed by atoms with Crippen molar-refractivity contribution in [2.75, 3.05) is 5.88 Å². The Hall–Kier alpha value is -1.32. The summed E-state index contributed by atoms with van der Waals surface area (Å²) >= 11 is 9.37. The third kappa shape index (κ3) is 2.74. The van der Waals surface area contributed by atoms with Crippen LogP contribution >= 0.6 is 27.5 Å². The van der Waals surface area contributed by atoms with Crippen LogP contribution in [0.25, 0.3) is 11.0 Å². The van der Waals surface area contributed by atoms with Crippen molar-refractivity contribution < 1.29 is 0 Å². The number of hydrogen-bond acceptors (Lipinski definition) is 1. The molecule has 20 heavy (non-hydrogen) atoms. The predicted molar refractivity (Wildman–Crippen MR) is 87.4 cm³/mol. The van der Waals surface area contributed by atoms with Crippen LogP contribution in [0.2, 0.25) is 0 Å². The Morgan fingerprint density at radius 3 is 2.55 bits per heavy atom. The summed E-state index contributed by atoms with van der Waals surface area (Å²) in [5, 5.41) is 0. The molecule has 1 aromatic heterocycles. The minimum absolute atomic E-state index is 0.587. The molecule has 2 nitrogen and oxygen atoms in total. The second-order valence-electron chi connectivity index (χ2n) is 4.67. The van der Waals surface area contributed by atoms with Crippen LogP contribution in [0.3, 0.4) is 0 Å². The molecule has 0 aliphatic rings. The molecule has 0 aliphatic heterocycles. The topological polar surface area (TPSA) is 17.8 Å². The van der Waals surface area contributed by atoms with Crippen LogP contribution in [0.1, 0.15) is 11.4 Å². The zero-order valence-corrected chi connectivity index (χ0v) is 13.2. The number of imidazole rings is 1. The lowest BCUT2D eigenvalue weighted by Gasteiger charge is -2.09. The van der Waals surface area contributed by atoms with E-state index in [-0.39, 0.29) is 0 Å². The summed E-state index contributed by atoms with van der Waals surface area (Å²) in [4.78, 5) is 4.69. The highest BCUT2D eigenvalue weighted by Crippen LogP contribution is 2.19. The third-order valence-corrected chi connectivity index (χ3v) is 4.02. The van der Waals surface area contributed by atoms with Gasteiger partial charge in [-0.05, 0) is 29.8 Å². The van der Waals surface area contributed by atoms with Gasteiger partial charge in [0.15, 0.2) is 0 Å². The van der Waals surface area contributed by atoms with Crippen LogP contribution < -0.4 is 0 Å². The van der Waals surface area contributed by atoms with Crippen molar-refractivity contribution in [1.82, 2.24) is 9.55 Å². The number of aryl methyl sites for hydroxylation is 1. The average molecular weight is 350 g/mol. The first-order valence-electron chi connectivity index (χ1n) is 6.52. The fraction of sp³-hybridized carbons (Fsp3) is 0.188. The lowest BCUT2D eigenvalue weighted by atomic mass is 10.2. The van der Waals surface area contributed by atoms with Gasteiger partial charge < -0.3 is 4.57 Å². The SMILES string of the molecule is ClCCc1nc2ccccc2n1Cc1ccc(Br)cc1. The van der Waals surface area contributed by atoms with E-state index in [2.05, 4.69) is 55.8 Å². The van der Waals surface area contributed by atoms with Gasteiger partial charge >= 0.3 is 0 Å². The largest absolute Gasteiger partial charge is 0.323 e. The van der Waals surface area contributed by atoms with E-state index in [4.69, 9.17) is 11.6 Å². The fourth-order valence-corrected chi connectivity index (χ4v) is 2.78. The first-order chi connectivity index (χ1) is 9.78. The molecule has 1 heterocycles. The number of alkyl halides is 1. The molecule has 0 atom stereocenters. The number of para-hydroxylation sites is 2. The Labute approximate surface area is 131 Å². The molecule has 0 radical (unpaired) electrons. The van der Waals surface area contributed by atoms with Crippen molar-refractivity contribution in [2.45, 2.75) is 13.0 Å². The summed E-state index contributed by atoms with van der Waals surface area (Å²) in [6, 6.07) is 16.6. The highest BCUT2D eigenvalue weighted by atomic mass is 79.9. The van der Waals surface area contributed by atoms with E-state index >= 15 is 0 Å². The second-order valence-corrected chi connectivity index (χ2v) is 5.96. The highest BCUT2D eigenvalue weighted by molar-refractivity contribution is 9.10. The molecule has 0 saturated carbocycles. The van der Waals surface area contributed by atoms with Crippen LogP contribution in [0.4, 0.5) is 0 Å². The molecule has 0 saturated heterocycles. The minimum atomic E-state index is 0.587. The van der Waals surface area contributed by atoms with Crippen LogP contribution in [-0.2, 0) is 13.0 Å². The Balaban J connectivity index is 2.04. The van der Waals surface area contributed by atoms with Gasteiger partial charge in [0.05, 0.1) is 11.0 Å². The van der Waals surface area contributed by atoms with E-state index in [1.165, 1.54) is 5.56 Å². The smallest absolute Gasteiger partial charge is 0.111 e. The van der Waals surface area contributed by atoms with Crippen LogP contribution in [-0.4, -0.2) is 15.4 Å². The molecule has 3 aromatic rings. The average Bonchev–Trinajstić information content (AvgIpc) is 2.80. The number of hydrogen-bond donors (Lipinski definition) is 0. The quantitative estimate of drug-likeness (QED) is 0.628. The first-order valence-corrected chi connectivity index (χ1v) is 7.85. The minimum Gasteiger partial charge on any atom is -0.323 e. The van der Waals surface area contributed by atoms with Gasteiger partial charge in [-0.25, -0.2) is 4.98 Å². The van der Waals surface area contributed by atoms with Crippen molar-refractivity contribution in [3.05, 3.63) is 64.4 Å². The fourth-order valence-electron chi connectivity index (χ4n) is 2.35. The predicted octanol–water partition coefficient (Wildman–Crippen LogP) is 4.63. The summed E-state index contributed by atoms with van der Waals surface area (Å²) < 4.78 is 3.35. The van der Waals surface area contributed by atoms with Gasteiger partial charge in [-0.2, -0.15) is 0 Å². The van der Waals surface area contributed by atoms with Gasteiger partial charge in [0.25, 0.3) is 0 Å². The Morgan fingerprint density at radius 1 is 1.05 bits per heavy atom. The number of halogens is 2. The van der Waals surface area contributed by atoms with E-state index < -0.39 is 0 Å². The lowest BCUT2D eigenvalue weighted by Crippen LogP contribution is -2.05. The monoisotopic (exact) mass is 348 g/mol. The number of nitrogens with zero attached hydrogens (tertiary/aromatic N) is 2. The van der Waals surface area contributed by atoms with E-state index in [9.17, 15) is 0 Å². The maximum Gasteiger partial charge on any atom is 0.111 e. The van der Waals surface area contributed by atoms with E-state index in [0.29, 0.717) is 5.88 Å². The second kappa shape index (κ2) is 5.98. The van der Waals surface area contributed by atoms with Gasteiger partial charge in [0.2, 0.25) is 0 Å². The number of benzene rings is 2. The number of rotatable bonds is 4. The number of fused-ring (bicyclic) bond motifs is 1. The van der Waals surface area contributed by atoms with E-state index in [0.717, 1.165) is 34.3 Å². The van der Waals surface area contributed by atoms with Crippen molar-refractivity contribution in [3.8, 4) is 0 Å². The molecule has 0 spiro atoms. The van der Waals surface area contributed by atoms with Gasteiger partial charge in [-0.3, -0.25) is 0 Å². The molecule has 0 bridgehead atoms. The Morgan fingerprint density at radius 2 is 1.80 bits per heavy atom. The molecule has 102 valence electrons. The molecule has 0 amide bonds.